The molecule has 0 amide bonds. The summed E-state index contributed by atoms with van der Waals surface area (Å²) in [5.74, 6) is -5.78. The van der Waals surface area contributed by atoms with Crippen LogP contribution in [0.3, 0.4) is 0 Å². The average Bonchev–Trinajstić information content (AvgIpc) is 2.57. The van der Waals surface area contributed by atoms with E-state index in [0.717, 1.165) is 5.57 Å². The summed E-state index contributed by atoms with van der Waals surface area (Å²) in [5, 5.41) is 11.0. The lowest BCUT2D eigenvalue weighted by Crippen LogP contribution is -2.62. The molecular formula is C21H32O5. The number of carbonyl (C=O) groups is 4. The number of hydrogen-bond donors (Lipinski definition) is 1. The van der Waals surface area contributed by atoms with Crippen molar-refractivity contribution in [3.05, 3.63) is 11.6 Å². The molecule has 0 spiro atoms. The minimum atomic E-state index is -2.24. The van der Waals surface area contributed by atoms with Crippen molar-refractivity contribution >= 4 is 23.1 Å². The third kappa shape index (κ3) is 4.56. The molecule has 0 radical (unpaired) electrons. The van der Waals surface area contributed by atoms with E-state index in [-0.39, 0.29) is 18.8 Å². The van der Waals surface area contributed by atoms with Gasteiger partial charge in [-0.1, -0.05) is 39.3 Å². The van der Waals surface area contributed by atoms with E-state index in [9.17, 15) is 24.3 Å². The van der Waals surface area contributed by atoms with E-state index >= 15 is 0 Å². The minimum absolute atomic E-state index is 0.0504. The third-order valence-corrected chi connectivity index (χ3v) is 5.25. The van der Waals surface area contributed by atoms with Gasteiger partial charge < -0.3 is 5.11 Å². The smallest absolute Gasteiger partial charge is 0.189 e. The fourth-order valence-corrected chi connectivity index (χ4v) is 3.18. The second-order valence-corrected chi connectivity index (χ2v) is 8.14. The third-order valence-electron chi connectivity index (χ3n) is 5.25. The van der Waals surface area contributed by atoms with Gasteiger partial charge in [0.15, 0.2) is 28.7 Å². The number of allylic oxidation sites excluding steroid dienone is 2. The maximum atomic E-state index is 12.9. The van der Waals surface area contributed by atoms with Gasteiger partial charge in [-0.05, 0) is 45.4 Å². The molecule has 1 aliphatic carbocycles. The molecule has 0 aromatic rings. The summed E-state index contributed by atoms with van der Waals surface area (Å²) in [4.78, 5) is 51.3. The normalized spacial score (nSPS) is 27.6. The van der Waals surface area contributed by atoms with Crippen molar-refractivity contribution in [2.45, 2.75) is 72.8 Å². The average molecular weight is 364 g/mol. The molecule has 0 bridgehead atoms. The molecule has 0 aromatic carbocycles. The molecular weight excluding hydrogens is 332 g/mol. The van der Waals surface area contributed by atoms with Crippen LogP contribution in [0, 0.1) is 23.7 Å². The summed E-state index contributed by atoms with van der Waals surface area (Å²) in [6, 6.07) is 0. The van der Waals surface area contributed by atoms with Crippen molar-refractivity contribution in [3.63, 3.8) is 0 Å². The topological polar surface area (TPSA) is 88.5 Å². The first-order chi connectivity index (χ1) is 12.0. The summed E-state index contributed by atoms with van der Waals surface area (Å²) >= 11 is 0. The number of aliphatic hydroxyl groups is 1. The van der Waals surface area contributed by atoms with Gasteiger partial charge in [-0.15, -0.1) is 0 Å². The van der Waals surface area contributed by atoms with Gasteiger partial charge >= 0.3 is 0 Å². The SMILES string of the molecule is CCC(C)C(=O)C1C(=O)C(CC=C(C)C)C(=O)C(O)(CCC(C)C)C1=O. The molecule has 26 heavy (non-hydrogen) atoms. The van der Waals surface area contributed by atoms with Crippen LogP contribution < -0.4 is 0 Å². The van der Waals surface area contributed by atoms with E-state index in [4.69, 9.17) is 0 Å². The first-order valence-corrected chi connectivity index (χ1v) is 9.49. The van der Waals surface area contributed by atoms with Crippen molar-refractivity contribution in [3.8, 4) is 0 Å². The molecule has 5 nitrogen and oxygen atoms in total. The molecule has 0 aliphatic heterocycles. The Hall–Kier alpha value is -1.62. The quantitative estimate of drug-likeness (QED) is 0.528. The van der Waals surface area contributed by atoms with Crippen LogP contribution in [-0.2, 0) is 19.2 Å². The molecule has 4 atom stereocenters. The van der Waals surface area contributed by atoms with Crippen molar-refractivity contribution in [1.82, 2.24) is 0 Å². The van der Waals surface area contributed by atoms with Gasteiger partial charge in [0.2, 0.25) is 0 Å². The highest BCUT2D eigenvalue weighted by molar-refractivity contribution is 6.35. The lowest BCUT2D eigenvalue weighted by molar-refractivity contribution is -0.168. The van der Waals surface area contributed by atoms with Crippen molar-refractivity contribution in [1.29, 1.82) is 0 Å². The Bertz CT molecular complexity index is 612. The van der Waals surface area contributed by atoms with Gasteiger partial charge in [0.1, 0.15) is 5.92 Å². The number of ketones is 4. The summed E-state index contributed by atoms with van der Waals surface area (Å²) in [6.45, 7) is 11.0. The lowest BCUT2D eigenvalue weighted by Gasteiger charge is -2.37. The second kappa shape index (κ2) is 8.85. The first-order valence-electron chi connectivity index (χ1n) is 9.49. The zero-order valence-corrected chi connectivity index (χ0v) is 16.8. The zero-order valence-electron chi connectivity index (χ0n) is 16.8. The van der Waals surface area contributed by atoms with Gasteiger partial charge in [0.25, 0.3) is 0 Å². The Balaban J connectivity index is 3.36. The van der Waals surface area contributed by atoms with E-state index in [0.29, 0.717) is 12.8 Å². The maximum absolute atomic E-state index is 12.9. The van der Waals surface area contributed by atoms with E-state index in [1.165, 1.54) is 0 Å². The molecule has 4 unspecified atom stereocenters. The Morgan fingerprint density at radius 3 is 2.19 bits per heavy atom. The van der Waals surface area contributed by atoms with Crippen molar-refractivity contribution in [2.24, 2.45) is 23.7 Å². The fourth-order valence-electron chi connectivity index (χ4n) is 3.18. The van der Waals surface area contributed by atoms with Crippen LogP contribution in [0.25, 0.3) is 0 Å². The molecule has 1 aliphatic rings. The van der Waals surface area contributed by atoms with Crippen LogP contribution in [0.1, 0.15) is 67.2 Å². The van der Waals surface area contributed by atoms with Gasteiger partial charge in [-0.2, -0.15) is 0 Å². The molecule has 1 fully saturated rings. The summed E-state index contributed by atoms with van der Waals surface area (Å²) in [6.07, 6.45) is 2.76. The van der Waals surface area contributed by atoms with Gasteiger partial charge in [-0.25, -0.2) is 0 Å². The highest BCUT2D eigenvalue weighted by Gasteiger charge is 2.59. The van der Waals surface area contributed by atoms with Gasteiger partial charge in [0, 0.05) is 5.92 Å². The number of hydrogen-bond acceptors (Lipinski definition) is 5. The predicted octanol–water partition coefficient (Wildman–Crippen LogP) is 3.08. The van der Waals surface area contributed by atoms with Gasteiger partial charge in [0.05, 0.1) is 5.92 Å². The van der Waals surface area contributed by atoms with Crippen molar-refractivity contribution in [2.75, 3.05) is 0 Å². The monoisotopic (exact) mass is 364 g/mol. The number of Topliss-reactive ketones (excluding diaryl/α,β-unsaturated/α-hetero) is 4. The Morgan fingerprint density at radius 2 is 1.73 bits per heavy atom. The highest BCUT2D eigenvalue weighted by Crippen LogP contribution is 2.36. The zero-order chi connectivity index (χ0) is 20.2. The largest absolute Gasteiger partial charge is 0.374 e. The Morgan fingerprint density at radius 1 is 1.15 bits per heavy atom. The molecule has 1 N–H and O–H groups in total. The maximum Gasteiger partial charge on any atom is 0.189 e. The van der Waals surface area contributed by atoms with E-state index < -0.39 is 46.5 Å². The van der Waals surface area contributed by atoms with Gasteiger partial charge in [-0.3, -0.25) is 19.2 Å². The summed E-state index contributed by atoms with van der Waals surface area (Å²) in [7, 11) is 0. The van der Waals surface area contributed by atoms with Crippen molar-refractivity contribution < 1.29 is 24.3 Å². The molecule has 0 heterocycles. The molecule has 1 saturated carbocycles. The summed E-state index contributed by atoms with van der Waals surface area (Å²) in [5.41, 5.74) is -1.32. The Labute approximate surface area is 156 Å². The highest BCUT2D eigenvalue weighted by atomic mass is 16.3. The molecule has 1 rings (SSSR count). The minimum Gasteiger partial charge on any atom is -0.374 e. The van der Waals surface area contributed by atoms with Crippen LogP contribution >= 0.6 is 0 Å². The molecule has 0 aromatic heterocycles. The van der Waals surface area contributed by atoms with E-state index in [2.05, 4.69) is 0 Å². The summed E-state index contributed by atoms with van der Waals surface area (Å²) < 4.78 is 0. The number of carbonyl (C=O) groups excluding carboxylic acids is 4. The van der Waals surface area contributed by atoms with Crippen LogP contribution in [0.4, 0.5) is 0 Å². The standard InChI is InChI=1S/C21H32O5/c1-7-14(6)17(22)16-18(23)15(9-8-12(2)3)19(24)21(26,20(16)25)11-10-13(4)5/h8,13-16,26H,7,9-11H2,1-6H3. The van der Waals surface area contributed by atoms with Crippen LogP contribution in [0.5, 0.6) is 0 Å². The molecule has 146 valence electrons. The first kappa shape index (κ1) is 22.4. The van der Waals surface area contributed by atoms with E-state index in [1.807, 2.05) is 27.7 Å². The fraction of sp³-hybridized carbons (Fsp3) is 0.714. The predicted molar refractivity (Wildman–Crippen MR) is 99.5 cm³/mol. The molecule has 5 heteroatoms. The van der Waals surface area contributed by atoms with Crippen LogP contribution in [0.2, 0.25) is 0 Å². The Kier molecular flexibility index (Phi) is 7.63. The van der Waals surface area contributed by atoms with Crippen LogP contribution in [0.15, 0.2) is 11.6 Å². The second-order valence-electron chi connectivity index (χ2n) is 8.14. The van der Waals surface area contributed by atoms with E-state index in [1.54, 1.807) is 19.9 Å². The molecule has 0 saturated heterocycles. The van der Waals surface area contributed by atoms with Crippen LogP contribution in [-0.4, -0.2) is 33.8 Å². The lowest BCUT2D eigenvalue weighted by atomic mass is 9.64. The number of rotatable bonds is 8.